The molecule has 1 aliphatic carbocycles. The van der Waals surface area contributed by atoms with Crippen molar-refractivity contribution in [2.24, 2.45) is 0 Å². The average molecular weight is 317 g/mol. The second-order valence-corrected chi connectivity index (χ2v) is 6.25. The van der Waals surface area contributed by atoms with Gasteiger partial charge in [-0.2, -0.15) is 0 Å². The molecule has 0 aromatic carbocycles. The number of fused-ring (bicyclic) bond motifs is 1. The van der Waals surface area contributed by atoms with E-state index in [2.05, 4.69) is 21.4 Å². The number of alkyl halides is 1. The lowest BCUT2D eigenvalue weighted by molar-refractivity contribution is 0.202. The molecule has 2 N–H and O–H groups in total. The van der Waals surface area contributed by atoms with Gasteiger partial charge in [-0.1, -0.05) is 6.07 Å². The maximum Gasteiger partial charge on any atom is 0.157 e. The van der Waals surface area contributed by atoms with Crippen molar-refractivity contribution in [2.45, 2.75) is 37.9 Å². The predicted octanol–water partition coefficient (Wildman–Crippen LogP) is 2.75. The Hall–Kier alpha value is -1.88. The van der Waals surface area contributed by atoms with Crippen LogP contribution in [0.25, 0.3) is 0 Å². The normalized spacial score (nSPS) is 23.9. The van der Waals surface area contributed by atoms with E-state index in [1.807, 2.05) is 25.2 Å². The Labute approximate surface area is 136 Å². The van der Waals surface area contributed by atoms with Gasteiger partial charge in [-0.05, 0) is 43.5 Å². The molecular formula is C18H24FN3O. The number of nitrogens with zero attached hydrogens (tertiary/aromatic N) is 2. The molecule has 2 unspecified atom stereocenters. The minimum atomic E-state index is -1.20. The van der Waals surface area contributed by atoms with Crippen LogP contribution in [0.5, 0.6) is 0 Å². The lowest BCUT2D eigenvalue weighted by atomic mass is 9.88. The Morgan fingerprint density at radius 3 is 2.91 bits per heavy atom. The summed E-state index contributed by atoms with van der Waals surface area (Å²) in [5.74, 6) is -0.0506. The number of hydrogen-bond donors (Lipinski definition) is 2. The molecule has 1 aromatic heterocycles. The van der Waals surface area contributed by atoms with Gasteiger partial charge in [0.1, 0.15) is 5.76 Å². The summed E-state index contributed by atoms with van der Waals surface area (Å²) in [6.07, 6.45) is 5.53. The van der Waals surface area contributed by atoms with Crippen molar-refractivity contribution in [3.8, 4) is 0 Å². The monoisotopic (exact) mass is 317 g/mol. The third-order valence-electron chi connectivity index (χ3n) is 4.65. The Kier molecular flexibility index (Phi) is 4.96. The highest BCUT2D eigenvalue weighted by molar-refractivity contribution is 5.44. The van der Waals surface area contributed by atoms with Crippen LogP contribution >= 0.6 is 0 Å². The van der Waals surface area contributed by atoms with Gasteiger partial charge in [0.15, 0.2) is 6.17 Å². The highest BCUT2D eigenvalue weighted by atomic mass is 19.1. The molecule has 0 spiro atoms. The Morgan fingerprint density at radius 2 is 2.13 bits per heavy atom. The molecule has 0 saturated carbocycles. The second-order valence-electron chi connectivity index (χ2n) is 6.25. The molecule has 5 heteroatoms. The van der Waals surface area contributed by atoms with Crippen LogP contribution in [0.1, 0.15) is 25.0 Å². The fourth-order valence-electron chi connectivity index (χ4n) is 3.43. The number of rotatable bonds is 6. The van der Waals surface area contributed by atoms with E-state index in [4.69, 9.17) is 0 Å². The first kappa shape index (κ1) is 16.0. The molecule has 0 amide bonds. The Morgan fingerprint density at radius 1 is 1.30 bits per heavy atom. The molecule has 1 aliphatic heterocycles. The number of pyridine rings is 1. The molecular weight excluding hydrogens is 293 g/mol. The zero-order valence-electron chi connectivity index (χ0n) is 13.5. The first-order chi connectivity index (χ1) is 11.2. The lowest BCUT2D eigenvalue weighted by Crippen LogP contribution is -2.31. The summed E-state index contributed by atoms with van der Waals surface area (Å²) in [7, 11) is 2.00. The van der Waals surface area contributed by atoms with Crippen molar-refractivity contribution in [1.82, 2.24) is 15.2 Å². The van der Waals surface area contributed by atoms with Gasteiger partial charge in [-0.25, -0.2) is 4.39 Å². The number of halogens is 1. The van der Waals surface area contributed by atoms with E-state index in [1.54, 1.807) is 6.20 Å². The SMILES string of the molecule is CN1C=C(CCNCCc2ccccn2)C2=C(O)C(F)CCC21. The molecule has 23 heavy (non-hydrogen) atoms. The summed E-state index contributed by atoms with van der Waals surface area (Å²) in [4.78, 5) is 6.39. The standard InChI is InChI=1S/C18H24FN3O/c1-22-12-13(17-16(22)6-5-15(19)18(17)23)7-10-20-11-8-14-4-2-3-9-21-14/h2-4,9,12,15-16,20,23H,5-8,10-11H2,1H3. The van der Waals surface area contributed by atoms with Crippen LogP contribution in [0.4, 0.5) is 4.39 Å². The molecule has 4 nitrogen and oxygen atoms in total. The summed E-state index contributed by atoms with van der Waals surface area (Å²) in [6.45, 7) is 1.67. The molecule has 2 heterocycles. The second kappa shape index (κ2) is 7.13. The first-order valence-corrected chi connectivity index (χ1v) is 8.27. The topological polar surface area (TPSA) is 48.4 Å². The van der Waals surface area contributed by atoms with Gasteiger partial charge in [0.25, 0.3) is 0 Å². The Balaban J connectivity index is 1.50. The summed E-state index contributed by atoms with van der Waals surface area (Å²) >= 11 is 0. The zero-order chi connectivity index (χ0) is 16.2. The highest BCUT2D eigenvalue weighted by Gasteiger charge is 2.36. The van der Waals surface area contributed by atoms with Gasteiger partial charge in [-0.3, -0.25) is 4.98 Å². The number of aromatic nitrogens is 1. The van der Waals surface area contributed by atoms with E-state index in [-0.39, 0.29) is 11.8 Å². The zero-order valence-corrected chi connectivity index (χ0v) is 13.5. The van der Waals surface area contributed by atoms with Gasteiger partial charge in [0, 0.05) is 43.7 Å². The van der Waals surface area contributed by atoms with Crippen LogP contribution in [-0.4, -0.2) is 47.3 Å². The molecule has 0 fully saturated rings. The third kappa shape index (κ3) is 3.55. The molecule has 0 radical (unpaired) electrons. The fraction of sp³-hybridized carbons (Fsp3) is 0.500. The van der Waals surface area contributed by atoms with Gasteiger partial charge >= 0.3 is 0 Å². The molecule has 2 atom stereocenters. The quantitative estimate of drug-likeness (QED) is 0.792. The number of nitrogens with one attached hydrogen (secondary N) is 1. The maximum absolute atomic E-state index is 13.8. The maximum atomic E-state index is 13.8. The average Bonchev–Trinajstić information content (AvgIpc) is 2.88. The van der Waals surface area contributed by atoms with Crippen LogP contribution in [0.3, 0.4) is 0 Å². The van der Waals surface area contributed by atoms with Crippen molar-refractivity contribution in [2.75, 3.05) is 20.1 Å². The van der Waals surface area contributed by atoms with Gasteiger partial charge in [0.05, 0.1) is 6.04 Å². The lowest BCUT2D eigenvalue weighted by Gasteiger charge is -2.28. The number of aliphatic hydroxyl groups excluding tert-OH is 1. The van der Waals surface area contributed by atoms with E-state index in [0.717, 1.165) is 49.2 Å². The molecule has 0 saturated heterocycles. The van der Waals surface area contributed by atoms with Crippen LogP contribution in [-0.2, 0) is 6.42 Å². The number of likely N-dealkylation sites (N-methyl/N-ethyl adjacent to an activating group) is 1. The predicted molar refractivity (Wildman–Crippen MR) is 88.8 cm³/mol. The van der Waals surface area contributed by atoms with Crippen molar-refractivity contribution >= 4 is 0 Å². The summed E-state index contributed by atoms with van der Waals surface area (Å²) < 4.78 is 13.8. The first-order valence-electron chi connectivity index (χ1n) is 8.27. The summed E-state index contributed by atoms with van der Waals surface area (Å²) in [5.41, 5.74) is 2.95. The molecule has 3 rings (SSSR count). The van der Waals surface area contributed by atoms with Crippen LogP contribution in [0.15, 0.2) is 47.5 Å². The van der Waals surface area contributed by atoms with Crippen molar-refractivity contribution < 1.29 is 9.50 Å². The van der Waals surface area contributed by atoms with Crippen LogP contribution in [0, 0.1) is 0 Å². The minimum absolute atomic E-state index is 0.0506. The van der Waals surface area contributed by atoms with E-state index in [1.165, 1.54) is 0 Å². The molecule has 1 aromatic rings. The van der Waals surface area contributed by atoms with Gasteiger partial charge < -0.3 is 15.3 Å². The Bertz CT molecular complexity index is 600. The van der Waals surface area contributed by atoms with Crippen molar-refractivity contribution in [3.63, 3.8) is 0 Å². The van der Waals surface area contributed by atoms with Gasteiger partial charge in [-0.15, -0.1) is 0 Å². The summed E-state index contributed by atoms with van der Waals surface area (Å²) in [5, 5.41) is 13.5. The van der Waals surface area contributed by atoms with Crippen LogP contribution in [0.2, 0.25) is 0 Å². The molecule has 2 aliphatic rings. The van der Waals surface area contributed by atoms with E-state index >= 15 is 0 Å². The highest BCUT2D eigenvalue weighted by Crippen LogP contribution is 2.39. The van der Waals surface area contributed by atoms with Gasteiger partial charge in [0.2, 0.25) is 0 Å². The van der Waals surface area contributed by atoms with Crippen LogP contribution < -0.4 is 5.32 Å². The van der Waals surface area contributed by atoms with E-state index < -0.39 is 6.17 Å². The fourth-order valence-corrected chi connectivity index (χ4v) is 3.43. The summed E-state index contributed by atoms with van der Waals surface area (Å²) in [6, 6.07) is 6.07. The molecule has 0 bridgehead atoms. The number of hydrogen-bond acceptors (Lipinski definition) is 4. The van der Waals surface area contributed by atoms with Crippen molar-refractivity contribution in [1.29, 1.82) is 0 Å². The number of aliphatic hydroxyl groups is 1. The largest absolute Gasteiger partial charge is 0.509 e. The van der Waals surface area contributed by atoms with Crippen molar-refractivity contribution in [3.05, 3.63) is 53.2 Å². The smallest absolute Gasteiger partial charge is 0.157 e. The molecule has 124 valence electrons. The van der Waals surface area contributed by atoms with E-state index in [0.29, 0.717) is 6.42 Å². The number of allylic oxidation sites excluding steroid dienone is 1. The minimum Gasteiger partial charge on any atom is -0.509 e. The third-order valence-corrected chi connectivity index (χ3v) is 4.65. The van der Waals surface area contributed by atoms with E-state index in [9.17, 15) is 9.50 Å².